The van der Waals surface area contributed by atoms with E-state index in [2.05, 4.69) is 0 Å². The van der Waals surface area contributed by atoms with Gasteiger partial charge in [0, 0.05) is 13.1 Å². The summed E-state index contributed by atoms with van der Waals surface area (Å²) < 4.78 is 32.7. The molecule has 0 unspecified atom stereocenters. The molecule has 0 saturated carbocycles. The lowest BCUT2D eigenvalue weighted by atomic mass is 10.1. The van der Waals surface area contributed by atoms with Crippen LogP contribution in [0.1, 0.15) is 24.2 Å². The highest BCUT2D eigenvalue weighted by molar-refractivity contribution is 5.95. The molecule has 106 valence electrons. The van der Waals surface area contributed by atoms with Gasteiger partial charge in [0.1, 0.15) is 11.4 Å². The minimum atomic E-state index is -1.01. The topological polar surface area (TPSA) is 49.8 Å². The molecule has 0 aromatic heterocycles. The summed E-state index contributed by atoms with van der Waals surface area (Å²) in [5.74, 6) is -2.91. The Kier molecular flexibility index (Phi) is 5.69. The zero-order valence-electron chi connectivity index (χ0n) is 10.9. The summed E-state index contributed by atoms with van der Waals surface area (Å²) in [7, 11) is 0. The van der Waals surface area contributed by atoms with E-state index in [4.69, 9.17) is 9.84 Å². The Balaban J connectivity index is 3.17. The van der Waals surface area contributed by atoms with Gasteiger partial charge in [-0.25, -0.2) is 8.78 Å². The lowest BCUT2D eigenvalue weighted by molar-refractivity contribution is 0.0721. The predicted molar refractivity (Wildman–Crippen MR) is 66.2 cm³/mol. The van der Waals surface area contributed by atoms with Crippen molar-refractivity contribution < 1.29 is 23.4 Å². The molecule has 0 bridgehead atoms. The maximum atomic E-state index is 14.0. The quantitative estimate of drug-likeness (QED) is 0.860. The third kappa shape index (κ3) is 3.41. The van der Waals surface area contributed by atoms with Crippen LogP contribution in [0, 0.1) is 11.6 Å². The molecule has 0 fully saturated rings. The average Bonchev–Trinajstić information content (AvgIpc) is 2.39. The van der Waals surface area contributed by atoms with Crippen molar-refractivity contribution in [3.05, 3.63) is 29.3 Å². The number of rotatable bonds is 6. The molecule has 4 nitrogen and oxygen atoms in total. The van der Waals surface area contributed by atoms with Crippen molar-refractivity contribution in [2.45, 2.75) is 13.8 Å². The zero-order valence-corrected chi connectivity index (χ0v) is 10.9. The first-order valence-corrected chi connectivity index (χ1v) is 6.07. The molecule has 0 heterocycles. The number of hydrogen-bond donors (Lipinski definition) is 1. The maximum Gasteiger partial charge on any atom is 0.260 e. The molecule has 0 aliphatic heterocycles. The molecule has 0 radical (unpaired) electrons. The molecule has 0 atom stereocenters. The van der Waals surface area contributed by atoms with Crippen LogP contribution in [0.5, 0.6) is 5.75 Å². The second-order valence-electron chi connectivity index (χ2n) is 3.78. The molecule has 19 heavy (non-hydrogen) atoms. The van der Waals surface area contributed by atoms with E-state index in [0.29, 0.717) is 0 Å². The first-order valence-electron chi connectivity index (χ1n) is 6.07. The van der Waals surface area contributed by atoms with E-state index < -0.39 is 23.1 Å². The average molecular weight is 273 g/mol. The van der Waals surface area contributed by atoms with E-state index in [1.165, 1.54) is 0 Å². The summed E-state index contributed by atoms with van der Waals surface area (Å²) in [4.78, 5) is 13.2. The molecule has 1 amide bonds. The summed E-state index contributed by atoms with van der Waals surface area (Å²) in [6.45, 7) is 3.53. The summed E-state index contributed by atoms with van der Waals surface area (Å²) >= 11 is 0. The Morgan fingerprint density at radius 3 is 2.58 bits per heavy atom. The largest absolute Gasteiger partial charge is 0.491 e. The van der Waals surface area contributed by atoms with Crippen LogP contribution in [0.3, 0.4) is 0 Å². The number of aliphatic hydroxyl groups is 1. The fourth-order valence-electron chi connectivity index (χ4n) is 1.68. The molecule has 1 N–H and O–H groups in total. The Morgan fingerprint density at radius 2 is 2.05 bits per heavy atom. The highest BCUT2D eigenvalue weighted by Crippen LogP contribution is 2.24. The van der Waals surface area contributed by atoms with E-state index in [0.717, 1.165) is 17.0 Å². The highest BCUT2D eigenvalue weighted by Gasteiger charge is 2.24. The first-order chi connectivity index (χ1) is 9.06. The lowest BCUT2D eigenvalue weighted by Crippen LogP contribution is -2.34. The molecule has 0 aliphatic rings. The smallest absolute Gasteiger partial charge is 0.260 e. The Labute approximate surface area is 110 Å². The van der Waals surface area contributed by atoms with Crippen LogP contribution in [0.2, 0.25) is 0 Å². The number of carbonyl (C=O) groups excluding carboxylic acids is 1. The van der Waals surface area contributed by atoms with Gasteiger partial charge in [-0.2, -0.15) is 0 Å². The van der Waals surface area contributed by atoms with E-state index in [1.807, 2.05) is 0 Å². The molecule has 0 spiro atoms. The standard InChI is InChI=1S/C13H17F2NO3/c1-3-16(7-8-17)13(18)11-9(14)5-6-10(12(11)15)19-4-2/h5-6,17H,3-4,7-8H2,1-2H3. The van der Waals surface area contributed by atoms with E-state index in [9.17, 15) is 13.6 Å². The van der Waals surface area contributed by atoms with Crippen LogP contribution in [0.25, 0.3) is 0 Å². The normalized spacial score (nSPS) is 10.4. The number of nitrogens with zero attached hydrogens (tertiary/aromatic N) is 1. The second kappa shape index (κ2) is 7.04. The molecule has 0 saturated heterocycles. The van der Waals surface area contributed by atoms with Crippen molar-refractivity contribution in [1.82, 2.24) is 4.90 Å². The number of likely N-dealkylation sites (N-methyl/N-ethyl adjacent to an activating group) is 1. The van der Waals surface area contributed by atoms with Crippen molar-refractivity contribution in [1.29, 1.82) is 0 Å². The van der Waals surface area contributed by atoms with Crippen LogP contribution in [-0.4, -0.2) is 42.2 Å². The molecule has 1 rings (SSSR count). The maximum absolute atomic E-state index is 14.0. The molecule has 1 aromatic carbocycles. The molecule has 6 heteroatoms. The van der Waals surface area contributed by atoms with Gasteiger partial charge in [-0.3, -0.25) is 4.79 Å². The number of benzene rings is 1. The minimum Gasteiger partial charge on any atom is -0.491 e. The van der Waals surface area contributed by atoms with Gasteiger partial charge in [-0.15, -0.1) is 0 Å². The van der Waals surface area contributed by atoms with Crippen LogP contribution < -0.4 is 4.74 Å². The van der Waals surface area contributed by atoms with Gasteiger partial charge in [0.15, 0.2) is 11.6 Å². The van der Waals surface area contributed by atoms with Gasteiger partial charge >= 0.3 is 0 Å². The SMILES string of the molecule is CCOc1ccc(F)c(C(=O)N(CC)CCO)c1F. The van der Waals surface area contributed by atoms with Gasteiger partial charge in [-0.05, 0) is 26.0 Å². The summed E-state index contributed by atoms with van der Waals surface area (Å²) in [6.07, 6.45) is 0. The number of carbonyl (C=O) groups is 1. The molecule has 0 aliphatic carbocycles. The van der Waals surface area contributed by atoms with Crippen molar-refractivity contribution in [3.8, 4) is 5.75 Å². The Hall–Kier alpha value is -1.69. The second-order valence-corrected chi connectivity index (χ2v) is 3.78. The van der Waals surface area contributed by atoms with Crippen molar-refractivity contribution in [2.75, 3.05) is 26.3 Å². The van der Waals surface area contributed by atoms with Gasteiger partial charge in [-0.1, -0.05) is 0 Å². The van der Waals surface area contributed by atoms with Gasteiger partial charge < -0.3 is 14.7 Å². The molecular formula is C13H17F2NO3. The summed E-state index contributed by atoms with van der Waals surface area (Å²) in [5, 5.41) is 8.83. The van der Waals surface area contributed by atoms with Crippen LogP contribution in [0.4, 0.5) is 8.78 Å². The fraction of sp³-hybridized carbons (Fsp3) is 0.462. The number of halogens is 2. The van der Waals surface area contributed by atoms with E-state index in [-0.39, 0.29) is 32.1 Å². The van der Waals surface area contributed by atoms with E-state index >= 15 is 0 Å². The van der Waals surface area contributed by atoms with Crippen molar-refractivity contribution in [3.63, 3.8) is 0 Å². The van der Waals surface area contributed by atoms with Gasteiger partial charge in [0.2, 0.25) is 0 Å². The Bertz CT molecular complexity index is 452. The van der Waals surface area contributed by atoms with Gasteiger partial charge in [0.05, 0.1) is 13.2 Å². The third-order valence-electron chi connectivity index (χ3n) is 2.61. The lowest BCUT2D eigenvalue weighted by Gasteiger charge is -2.20. The summed E-state index contributed by atoms with van der Waals surface area (Å²) in [5.41, 5.74) is -0.652. The number of aliphatic hydroxyl groups excluding tert-OH is 1. The number of ether oxygens (including phenoxy) is 1. The fourth-order valence-corrected chi connectivity index (χ4v) is 1.68. The van der Waals surface area contributed by atoms with Crippen molar-refractivity contribution >= 4 is 5.91 Å². The van der Waals surface area contributed by atoms with Crippen LogP contribution in [-0.2, 0) is 0 Å². The Morgan fingerprint density at radius 1 is 1.37 bits per heavy atom. The number of hydrogen-bond acceptors (Lipinski definition) is 3. The third-order valence-corrected chi connectivity index (χ3v) is 2.61. The number of amides is 1. The minimum absolute atomic E-state index is 0.0209. The predicted octanol–water partition coefficient (Wildman–Crippen LogP) is 1.82. The zero-order chi connectivity index (χ0) is 14.4. The van der Waals surface area contributed by atoms with Crippen LogP contribution in [0.15, 0.2) is 12.1 Å². The summed E-state index contributed by atoms with van der Waals surface area (Å²) in [6, 6.07) is 2.14. The van der Waals surface area contributed by atoms with Crippen LogP contribution >= 0.6 is 0 Å². The first kappa shape index (κ1) is 15.4. The molecule has 1 aromatic rings. The van der Waals surface area contributed by atoms with E-state index in [1.54, 1.807) is 13.8 Å². The monoisotopic (exact) mass is 273 g/mol. The van der Waals surface area contributed by atoms with Gasteiger partial charge in [0.25, 0.3) is 5.91 Å². The highest BCUT2D eigenvalue weighted by atomic mass is 19.1. The molecular weight excluding hydrogens is 256 g/mol. The van der Waals surface area contributed by atoms with Crippen molar-refractivity contribution in [2.24, 2.45) is 0 Å².